The number of benzene rings is 1. The second kappa shape index (κ2) is 6.31. The summed E-state index contributed by atoms with van der Waals surface area (Å²) in [5.41, 5.74) is -0.192. The molecule has 8 heteroatoms. The molecule has 0 atom stereocenters. The van der Waals surface area contributed by atoms with Crippen LogP contribution in [0.1, 0.15) is 15.9 Å². The van der Waals surface area contributed by atoms with Crippen molar-refractivity contribution in [2.75, 3.05) is 0 Å². The lowest BCUT2D eigenvalue weighted by Gasteiger charge is -2.07. The number of hydrogen-bond acceptors (Lipinski definition) is 5. The van der Waals surface area contributed by atoms with Crippen LogP contribution in [0.4, 0.5) is 5.69 Å². The number of aromatic carboxylic acids is 1. The zero-order valence-corrected chi connectivity index (χ0v) is 12.1. The Morgan fingerprint density at radius 1 is 1.43 bits per heavy atom. The van der Waals surface area contributed by atoms with Crippen molar-refractivity contribution in [3.05, 3.63) is 62.2 Å². The normalized spacial score (nSPS) is 10.1. The van der Waals surface area contributed by atoms with Gasteiger partial charge in [-0.05, 0) is 6.07 Å². The van der Waals surface area contributed by atoms with Gasteiger partial charge in [0.05, 0.1) is 4.92 Å². The summed E-state index contributed by atoms with van der Waals surface area (Å²) in [6.45, 7) is 0.158. The van der Waals surface area contributed by atoms with E-state index >= 15 is 0 Å². The van der Waals surface area contributed by atoms with Crippen LogP contribution in [0.25, 0.3) is 0 Å². The summed E-state index contributed by atoms with van der Waals surface area (Å²) in [5, 5.41) is 19.7. The minimum Gasteiger partial charge on any atom is -0.477 e. The lowest BCUT2D eigenvalue weighted by molar-refractivity contribution is -0.385. The molecule has 0 unspecified atom stereocenters. The van der Waals surface area contributed by atoms with Gasteiger partial charge in [0.15, 0.2) is 0 Å². The molecule has 0 aliphatic heterocycles. The molecule has 0 fully saturated rings. The first-order chi connectivity index (χ1) is 9.99. The third-order valence-electron chi connectivity index (χ3n) is 2.62. The number of hydrogen-bond donors (Lipinski definition) is 1. The van der Waals surface area contributed by atoms with Crippen molar-refractivity contribution in [1.29, 1.82) is 0 Å². The van der Waals surface area contributed by atoms with E-state index < -0.39 is 22.1 Å². The Morgan fingerprint density at radius 3 is 2.76 bits per heavy atom. The molecule has 1 N–H and O–H groups in total. The highest BCUT2D eigenvalue weighted by Crippen LogP contribution is 2.23. The molecule has 7 nitrogen and oxygen atoms in total. The number of carboxylic acids is 1. The van der Waals surface area contributed by atoms with Gasteiger partial charge in [0, 0.05) is 16.1 Å². The fourth-order valence-corrected chi connectivity index (χ4v) is 1.99. The molecule has 0 aliphatic carbocycles. The molecule has 108 valence electrons. The van der Waals surface area contributed by atoms with Crippen LogP contribution in [0.5, 0.6) is 5.88 Å². The number of aromatic nitrogens is 1. The fourth-order valence-electron chi connectivity index (χ4n) is 1.59. The van der Waals surface area contributed by atoms with Gasteiger partial charge in [0.25, 0.3) is 0 Å². The number of rotatable bonds is 5. The second-order valence-corrected chi connectivity index (χ2v) is 4.84. The predicted molar refractivity (Wildman–Crippen MR) is 76.3 cm³/mol. The van der Waals surface area contributed by atoms with Crippen molar-refractivity contribution >= 4 is 27.6 Å². The Kier molecular flexibility index (Phi) is 4.49. The number of carbonyl (C=O) groups is 1. The molecule has 2 aromatic rings. The molecule has 0 saturated carbocycles. The summed E-state index contributed by atoms with van der Waals surface area (Å²) in [7, 11) is 0. The Balaban J connectivity index is 2.22. The molecule has 1 aromatic carbocycles. The van der Waals surface area contributed by atoms with E-state index in [4.69, 9.17) is 9.84 Å². The summed E-state index contributed by atoms with van der Waals surface area (Å²) in [6.07, 6.45) is 0.874. The van der Waals surface area contributed by atoms with Crippen LogP contribution in [0.3, 0.4) is 0 Å². The smallest absolute Gasteiger partial charge is 0.342 e. The second-order valence-electron chi connectivity index (χ2n) is 3.98. The molecule has 0 bridgehead atoms. The minimum absolute atomic E-state index is 0.00810. The highest BCUT2D eigenvalue weighted by Gasteiger charge is 2.21. The van der Waals surface area contributed by atoms with Crippen molar-refractivity contribution in [2.24, 2.45) is 0 Å². The SMILES string of the molecule is O=C(O)c1cc(OCc2ccccc2Br)ncc1[N+](=O)[O-]. The molecule has 0 spiro atoms. The Morgan fingerprint density at radius 2 is 2.14 bits per heavy atom. The Labute approximate surface area is 127 Å². The average molecular weight is 353 g/mol. The van der Waals surface area contributed by atoms with Crippen molar-refractivity contribution in [3.8, 4) is 5.88 Å². The summed E-state index contributed by atoms with van der Waals surface area (Å²) < 4.78 is 6.21. The molecular weight excluding hydrogens is 344 g/mol. The maximum absolute atomic E-state index is 11.0. The van der Waals surface area contributed by atoms with E-state index in [1.807, 2.05) is 24.3 Å². The molecular formula is C13H9BrN2O5. The standard InChI is InChI=1S/C13H9BrN2O5/c14-10-4-2-1-3-8(10)7-21-12-5-9(13(17)18)11(6-15-12)16(19)20/h1-6H,7H2,(H,17,18). The quantitative estimate of drug-likeness (QED) is 0.655. The van der Waals surface area contributed by atoms with Crippen molar-refractivity contribution < 1.29 is 19.6 Å². The maximum Gasteiger partial charge on any atom is 0.342 e. The molecule has 1 aromatic heterocycles. The zero-order chi connectivity index (χ0) is 15.4. The lowest BCUT2D eigenvalue weighted by Crippen LogP contribution is -2.05. The van der Waals surface area contributed by atoms with Crippen molar-refractivity contribution in [1.82, 2.24) is 4.98 Å². The summed E-state index contributed by atoms with van der Waals surface area (Å²) >= 11 is 3.35. The first kappa shape index (κ1) is 14.9. The number of nitrogens with zero attached hydrogens (tertiary/aromatic N) is 2. The number of pyridine rings is 1. The van der Waals surface area contributed by atoms with Gasteiger partial charge >= 0.3 is 11.7 Å². The van der Waals surface area contributed by atoms with Gasteiger partial charge < -0.3 is 9.84 Å². The van der Waals surface area contributed by atoms with Crippen LogP contribution in [0.2, 0.25) is 0 Å². The van der Waals surface area contributed by atoms with Gasteiger partial charge in [-0.25, -0.2) is 9.78 Å². The topological polar surface area (TPSA) is 103 Å². The number of halogens is 1. The molecule has 1 heterocycles. The van der Waals surface area contributed by atoms with E-state index in [1.165, 1.54) is 0 Å². The molecule has 0 aliphatic rings. The third-order valence-corrected chi connectivity index (χ3v) is 3.39. The zero-order valence-electron chi connectivity index (χ0n) is 10.5. The maximum atomic E-state index is 11.0. The van der Waals surface area contributed by atoms with Crippen molar-refractivity contribution in [2.45, 2.75) is 6.61 Å². The van der Waals surface area contributed by atoms with Gasteiger partial charge in [-0.1, -0.05) is 34.1 Å². The van der Waals surface area contributed by atoms with Gasteiger partial charge in [-0.2, -0.15) is 0 Å². The minimum atomic E-state index is -1.41. The lowest BCUT2D eigenvalue weighted by atomic mass is 10.2. The van der Waals surface area contributed by atoms with Crippen LogP contribution in [-0.2, 0) is 6.61 Å². The summed E-state index contributed by atoms with van der Waals surface area (Å²) in [6, 6.07) is 8.38. The van der Waals surface area contributed by atoms with Crippen LogP contribution < -0.4 is 4.74 Å². The van der Waals surface area contributed by atoms with Gasteiger partial charge in [0.2, 0.25) is 5.88 Å². The summed E-state index contributed by atoms with van der Waals surface area (Å²) in [5.74, 6) is -1.40. The highest BCUT2D eigenvalue weighted by atomic mass is 79.9. The van der Waals surface area contributed by atoms with Gasteiger partial charge in [-0.3, -0.25) is 10.1 Å². The molecule has 2 rings (SSSR count). The van der Waals surface area contributed by atoms with E-state index in [1.54, 1.807) is 0 Å². The van der Waals surface area contributed by atoms with Crippen LogP contribution in [-0.4, -0.2) is 21.0 Å². The molecule has 21 heavy (non-hydrogen) atoms. The van der Waals surface area contributed by atoms with E-state index in [-0.39, 0.29) is 12.5 Å². The first-order valence-electron chi connectivity index (χ1n) is 5.73. The van der Waals surface area contributed by atoms with E-state index in [2.05, 4.69) is 20.9 Å². The van der Waals surface area contributed by atoms with Gasteiger partial charge in [-0.15, -0.1) is 0 Å². The van der Waals surface area contributed by atoms with E-state index in [0.717, 1.165) is 22.3 Å². The summed E-state index contributed by atoms with van der Waals surface area (Å²) in [4.78, 5) is 24.7. The predicted octanol–water partition coefficient (Wildman–Crippen LogP) is 3.03. The Bertz CT molecular complexity index is 705. The number of carboxylic acid groups (broad SMARTS) is 1. The monoisotopic (exact) mass is 352 g/mol. The van der Waals surface area contributed by atoms with Crippen LogP contribution >= 0.6 is 15.9 Å². The van der Waals surface area contributed by atoms with Crippen LogP contribution in [0.15, 0.2) is 41.0 Å². The average Bonchev–Trinajstić information content (AvgIpc) is 2.46. The largest absolute Gasteiger partial charge is 0.477 e. The third kappa shape index (κ3) is 3.54. The highest BCUT2D eigenvalue weighted by molar-refractivity contribution is 9.10. The van der Waals surface area contributed by atoms with Crippen LogP contribution in [0, 0.1) is 10.1 Å². The first-order valence-corrected chi connectivity index (χ1v) is 6.52. The van der Waals surface area contributed by atoms with E-state index in [9.17, 15) is 14.9 Å². The van der Waals surface area contributed by atoms with E-state index in [0.29, 0.717) is 0 Å². The number of nitro groups is 1. The fraction of sp³-hybridized carbons (Fsp3) is 0.0769. The molecule has 0 amide bonds. The van der Waals surface area contributed by atoms with Crippen molar-refractivity contribution in [3.63, 3.8) is 0 Å². The molecule has 0 radical (unpaired) electrons. The number of ether oxygens (including phenoxy) is 1. The van der Waals surface area contributed by atoms with Gasteiger partial charge in [0.1, 0.15) is 18.4 Å². The molecule has 0 saturated heterocycles. The Hall–Kier alpha value is -2.48.